The van der Waals surface area contributed by atoms with Gasteiger partial charge in [0.2, 0.25) is 0 Å². The fraction of sp³-hybridized carbons (Fsp3) is 1.00. The molecule has 0 unspecified atom stereocenters. The van der Waals surface area contributed by atoms with Crippen molar-refractivity contribution in [1.82, 2.24) is 0 Å². The van der Waals surface area contributed by atoms with Crippen LogP contribution in [0, 0.1) is 21.7 Å². The Hall–Kier alpha value is -0.0800. The largest absolute Gasteiger partial charge is 0.347 e. The third-order valence-corrected chi connectivity index (χ3v) is 6.01. The van der Waals surface area contributed by atoms with Crippen molar-refractivity contribution in [2.75, 3.05) is 6.61 Å². The van der Waals surface area contributed by atoms with Crippen LogP contribution in [0.5, 0.6) is 0 Å². The van der Waals surface area contributed by atoms with E-state index in [1.807, 2.05) is 0 Å². The summed E-state index contributed by atoms with van der Waals surface area (Å²) in [6.45, 7) is 19.9. The third kappa shape index (κ3) is 3.63. The second-order valence-electron chi connectivity index (χ2n) is 12.2. The Balaban J connectivity index is 1.87. The van der Waals surface area contributed by atoms with Gasteiger partial charge in [0.05, 0.1) is 12.2 Å². The molecule has 0 radical (unpaired) electrons. The molecule has 1 aliphatic heterocycles. The second kappa shape index (κ2) is 4.75. The van der Waals surface area contributed by atoms with Crippen molar-refractivity contribution in [2.24, 2.45) is 21.7 Å². The molecule has 0 amide bonds. The molecule has 2 spiro atoms. The first-order valence-corrected chi connectivity index (χ1v) is 9.50. The molecular formula is C21H38O2. The molecule has 0 aromatic heterocycles. The number of hydrogen-bond donors (Lipinski definition) is 0. The maximum Gasteiger partial charge on any atom is 0.170 e. The molecule has 3 aliphatic rings. The van der Waals surface area contributed by atoms with Crippen molar-refractivity contribution in [3.05, 3.63) is 0 Å². The quantitative estimate of drug-likeness (QED) is 0.549. The summed E-state index contributed by atoms with van der Waals surface area (Å²) in [6, 6.07) is 0. The first-order chi connectivity index (χ1) is 10.2. The monoisotopic (exact) mass is 322 g/mol. The molecule has 0 aromatic carbocycles. The van der Waals surface area contributed by atoms with Crippen LogP contribution in [0.15, 0.2) is 0 Å². The molecule has 3 fully saturated rings. The highest BCUT2D eigenvalue weighted by Gasteiger charge is 2.60. The van der Waals surface area contributed by atoms with Crippen LogP contribution >= 0.6 is 0 Å². The van der Waals surface area contributed by atoms with E-state index in [0.717, 1.165) is 32.3 Å². The number of rotatable bonds is 0. The highest BCUT2D eigenvalue weighted by atomic mass is 16.8. The zero-order valence-electron chi connectivity index (χ0n) is 16.8. The van der Waals surface area contributed by atoms with Gasteiger partial charge in [0.1, 0.15) is 0 Å². The molecule has 3 rings (SSSR count). The normalized spacial score (nSPS) is 35.5. The molecule has 0 N–H and O–H groups in total. The van der Waals surface area contributed by atoms with Crippen LogP contribution in [0.3, 0.4) is 0 Å². The lowest BCUT2D eigenvalue weighted by molar-refractivity contribution is -0.254. The van der Waals surface area contributed by atoms with Crippen LogP contribution in [-0.2, 0) is 9.47 Å². The van der Waals surface area contributed by atoms with Crippen molar-refractivity contribution in [3.8, 4) is 0 Å². The Bertz CT molecular complexity index is 408. The summed E-state index contributed by atoms with van der Waals surface area (Å²) in [5, 5.41) is 0. The fourth-order valence-corrected chi connectivity index (χ4v) is 7.23. The van der Waals surface area contributed by atoms with Gasteiger partial charge in [-0.2, -0.15) is 0 Å². The van der Waals surface area contributed by atoms with E-state index < -0.39 is 0 Å². The molecule has 0 aromatic rings. The Kier molecular flexibility index (Phi) is 3.67. The summed E-state index contributed by atoms with van der Waals surface area (Å²) < 4.78 is 13.4. The van der Waals surface area contributed by atoms with E-state index in [1.54, 1.807) is 0 Å². The average molecular weight is 323 g/mol. The summed E-state index contributed by atoms with van der Waals surface area (Å²) in [5.74, 6) is -0.352. The first kappa shape index (κ1) is 17.7. The van der Waals surface area contributed by atoms with E-state index in [9.17, 15) is 0 Å². The van der Waals surface area contributed by atoms with Crippen LogP contribution < -0.4 is 0 Å². The predicted molar refractivity (Wildman–Crippen MR) is 95.3 cm³/mol. The summed E-state index contributed by atoms with van der Waals surface area (Å²) in [6.07, 6.45) is 6.85. The lowest BCUT2D eigenvalue weighted by atomic mass is 9.59. The van der Waals surface area contributed by atoms with Crippen LogP contribution in [-0.4, -0.2) is 18.0 Å². The van der Waals surface area contributed by atoms with Gasteiger partial charge in [0.15, 0.2) is 5.79 Å². The zero-order chi connectivity index (χ0) is 17.4. The second-order valence-corrected chi connectivity index (χ2v) is 12.2. The minimum atomic E-state index is -0.352. The SMILES string of the molecule is CC1(C)CC(C)(C)CC2(COC3(CC(C)(C)CC(C)(C)C3)O2)C1. The summed E-state index contributed by atoms with van der Waals surface area (Å²) in [5.41, 5.74) is 1.15. The Morgan fingerprint density at radius 2 is 0.913 bits per heavy atom. The highest BCUT2D eigenvalue weighted by molar-refractivity contribution is 5.06. The highest BCUT2D eigenvalue weighted by Crippen LogP contribution is 2.60. The Morgan fingerprint density at radius 1 is 0.522 bits per heavy atom. The van der Waals surface area contributed by atoms with Gasteiger partial charge in [-0.1, -0.05) is 55.4 Å². The molecule has 2 aliphatic carbocycles. The molecule has 1 saturated heterocycles. The lowest BCUT2D eigenvalue weighted by Gasteiger charge is -2.52. The summed E-state index contributed by atoms with van der Waals surface area (Å²) in [7, 11) is 0. The van der Waals surface area contributed by atoms with Crippen molar-refractivity contribution < 1.29 is 9.47 Å². The van der Waals surface area contributed by atoms with Gasteiger partial charge >= 0.3 is 0 Å². The van der Waals surface area contributed by atoms with Crippen molar-refractivity contribution in [1.29, 1.82) is 0 Å². The molecule has 0 bridgehead atoms. The van der Waals surface area contributed by atoms with Crippen molar-refractivity contribution in [2.45, 2.75) is 105 Å². The van der Waals surface area contributed by atoms with E-state index in [1.165, 1.54) is 12.8 Å². The molecule has 134 valence electrons. The van der Waals surface area contributed by atoms with Crippen LogP contribution in [0.4, 0.5) is 0 Å². The maximum absolute atomic E-state index is 6.94. The van der Waals surface area contributed by atoms with Crippen molar-refractivity contribution in [3.63, 3.8) is 0 Å². The number of hydrogen-bond acceptors (Lipinski definition) is 2. The van der Waals surface area contributed by atoms with E-state index in [-0.39, 0.29) is 22.2 Å². The van der Waals surface area contributed by atoms with Crippen LogP contribution in [0.1, 0.15) is 93.9 Å². The third-order valence-electron chi connectivity index (χ3n) is 6.01. The average Bonchev–Trinajstić information content (AvgIpc) is 2.44. The van der Waals surface area contributed by atoms with E-state index in [0.29, 0.717) is 10.8 Å². The molecule has 0 atom stereocenters. The van der Waals surface area contributed by atoms with E-state index in [2.05, 4.69) is 55.4 Å². The van der Waals surface area contributed by atoms with Gasteiger partial charge in [0, 0.05) is 12.8 Å². The minimum absolute atomic E-state index is 0.0747. The van der Waals surface area contributed by atoms with E-state index >= 15 is 0 Å². The topological polar surface area (TPSA) is 18.5 Å². The smallest absolute Gasteiger partial charge is 0.170 e. The van der Waals surface area contributed by atoms with Gasteiger partial charge in [-0.05, 0) is 47.3 Å². The Morgan fingerprint density at radius 3 is 1.35 bits per heavy atom. The molecule has 23 heavy (non-hydrogen) atoms. The van der Waals surface area contributed by atoms with Crippen LogP contribution in [0.25, 0.3) is 0 Å². The van der Waals surface area contributed by atoms with Gasteiger partial charge < -0.3 is 9.47 Å². The van der Waals surface area contributed by atoms with Crippen LogP contribution in [0.2, 0.25) is 0 Å². The fourth-order valence-electron chi connectivity index (χ4n) is 7.23. The van der Waals surface area contributed by atoms with Gasteiger partial charge in [-0.15, -0.1) is 0 Å². The molecule has 2 nitrogen and oxygen atoms in total. The van der Waals surface area contributed by atoms with Gasteiger partial charge in [0.25, 0.3) is 0 Å². The first-order valence-electron chi connectivity index (χ1n) is 9.50. The van der Waals surface area contributed by atoms with Gasteiger partial charge in [-0.3, -0.25) is 0 Å². The Labute approximate surface area is 143 Å². The van der Waals surface area contributed by atoms with Gasteiger partial charge in [-0.25, -0.2) is 0 Å². The zero-order valence-corrected chi connectivity index (χ0v) is 16.8. The minimum Gasteiger partial charge on any atom is -0.347 e. The molecular weight excluding hydrogens is 284 g/mol. The number of ether oxygens (including phenoxy) is 2. The molecule has 2 saturated carbocycles. The lowest BCUT2D eigenvalue weighted by Crippen LogP contribution is -2.51. The van der Waals surface area contributed by atoms with Crippen molar-refractivity contribution >= 4 is 0 Å². The molecule has 2 heteroatoms. The summed E-state index contributed by atoms with van der Waals surface area (Å²) in [4.78, 5) is 0. The molecule has 1 heterocycles. The van der Waals surface area contributed by atoms with E-state index in [4.69, 9.17) is 9.47 Å². The maximum atomic E-state index is 6.94. The summed E-state index contributed by atoms with van der Waals surface area (Å²) >= 11 is 0. The predicted octanol–water partition coefficient (Wildman–Crippen LogP) is 5.94. The standard InChI is InChI=1S/C21H38O2/c1-16(2)9-17(3,4)12-20(11-16)15-22-21(23-20)13-18(5,6)10-19(7,8)14-21/h9-15H2,1-8H3.